The summed E-state index contributed by atoms with van der Waals surface area (Å²) in [6, 6.07) is 5.59. The molecule has 0 aliphatic carbocycles. The molecule has 0 bridgehead atoms. The average molecular weight is 219 g/mol. The predicted octanol–water partition coefficient (Wildman–Crippen LogP) is 2.10. The van der Waals surface area contributed by atoms with Gasteiger partial charge >= 0.3 is 0 Å². The molecular weight excluding hydrogens is 202 g/mol. The number of aliphatic hydroxyl groups is 1. The second kappa shape index (κ2) is 3.91. The Balaban J connectivity index is 2.36. The quantitative estimate of drug-likeness (QED) is 0.827. The van der Waals surface area contributed by atoms with Gasteiger partial charge in [-0.15, -0.1) is 0 Å². The van der Waals surface area contributed by atoms with Gasteiger partial charge in [-0.05, 0) is 18.9 Å². The number of hydrogen-bond donors (Lipinski definition) is 1. The minimum atomic E-state index is -0.773. The van der Waals surface area contributed by atoms with Crippen molar-refractivity contribution in [1.82, 2.24) is 4.90 Å². The summed E-state index contributed by atoms with van der Waals surface area (Å²) in [6.45, 7) is 6.62. The van der Waals surface area contributed by atoms with E-state index in [1.54, 1.807) is 6.07 Å². The first kappa shape index (κ1) is 11.1. The van der Waals surface area contributed by atoms with E-state index in [0.717, 1.165) is 11.1 Å². The fraction of sp³-hybridized carbons (Fsp3) is 0.462. The van der Waals surface area contributed by atoms with Crippen LogP contribution in [0.4, 0.5) is 0 Å². The summed E-state index contributed by atoms with van der Waals surface area (Å²) in [5.41, 5.74) is 2.45. The van der Waals surface area contributed by atoms with Gasteiger partial charge in [0.05, 0.1) is 0 Å². The van der Waals surface area contributed by atoms with Crippen molar-refractivity contribution in [2.75, 3.05) is 6.54 Å². The van der Waals surface area contributed by atoms with Crippen molar-refractivity contribution in [2.24, 2.45) is 5.92 Å². The lowest BCUT2D eigenvalue weighted by Crippen LogP contribution is -2.31. The second-order valence-corrected chi connectivity index (χ2v) is 4.82. The summed E-state index contributed by atoms with van der Waals surface area (Å²) in [5, 5.41) is 10.1. The van der Waals surface area contributed by atoms with Crippen LogP contribution in [0.2, 0.25) is 0 Å². The zero-order valence-electron chi connectivity index (χ0n) is 9.90. The van der Waals surface area contributed by atoms with Gasteiger partial charge in [-0.25, -0.2) is 0 Å². The number of aryl methyl sites for hydroxylation is 1. The van der Waals surface area contributed by atoms with Gasteiger partial charge in [0.2, 0.25) is 0 Å². The van der Waals surface area contributed by atoms with Crippen molar-refractivity contribution in [1.29, 1.82) is 0 Å². The third-order valence-electron chi connectivity index (χ3n) is 2.83. The molecule has 0 spiro atoms. The van der Waals surface area contributed by atoms with Crippen LogP contribution in [0, 0.1) is 12.8 Å². The number of benzene rings is 1. The van der Waals surface area contributed by atoms with E-state index >= 15 is 0 Å². The van der Waals surface area contributed by atoms with E-state index in [9.17, 15) is 9.90 Å². The molecule has 86 valence electrons. The van der Waals surface area contributed by atoms with Crippen LogP contribution in [0.15, 0.2) is 18.2 Å². The fourth-order valence-electron chi connectivity index (χ4n) is 2.10. The lowest BCUT2D eigenvalue weighted by molar-refractivity contribution is 0.0127. The summed E-state index contributed by atoms with van der Waals surface area (Å²) in [7, 11) is 0. The van der Waals surface area contributed by atoms with Crippen LogP contribution < -0.4 is 0 Å². The summed E-state index contributed by atoms with van der Waals surface area (Å²) in [5.74, 6) is 0.296. The zero-order valence-corrected chi connectivity index (χ0v) is 9.90. The highest BCUT2D eigenvalue weighted by atomic mass is 16.3. The highest BCUT2D eigenvalue weighted by molar-refractivity contribution is 5.99. The van der Waals surface area contributed by atoms with E-state index < -0.39 is 6.23 Å². The molecule has 0 saturated carbocycles. The van der Waals surface area contributed by atoms with Crippen molar-refractivity contribution in [3.63, 3.8) is 0 Å². The molecule has 1 aromatic rings. The Morgan fingerprint density at radius 2 is 2.12 bits per heavy atom. The number of aliphatic hydroxyl groups excluding tert-OH is 1. The van der Waals surface area contributed by atoms with Crippen LogP contribution in [-0.4, -0.2) is 22.5 Å². The molecule has 0 aromatic heterocycles. The first-order valence-electron chi connectivity index (χ1n) is 5.60. The molecule has 1 atom stereocenters. The maximum Gasteiger partial charge on any atom is 0.256 e. The third-order valence-corrected chi connectivity index (χ3v) is 2.83. The fourth-order valence-corrected chi connectivity index (χ4v) is 2.10. The van der Waals surface area contributed by atoms with E-state index in [4.69, 9.17) is 0 Å². The number of nitrogens with zero attached hydrogens (tertiary/aromatic N) is 1. The van der Waals surface area contributed by atoms with E-state index in [-0.39, 0.29) is 5.91 Å². The molecule has 1 unspecified atom stereocenters. The van der Waals surface area contributed by atoms with Crippen LogP contribution >= 0.6 is 0 Å². The van der Waals surface area contributed by atoms with Gasteiger partial charge in [0.15, 0.2) is 6.23 Å². The van der Waals surface area contributed by atoms with Gasteiger partial charge in [-0.2, -0.15) is 0 Å². The zero-order chi connectivity index (χ0) is 11.9. The molecule has 0 fully saturated rings. The van der Waals surface area contributed by atoms with E-state index in [2.05, 4.69) is 0 Å². The number of hydrogen-bond acceptors (Lipinski definition) is 2. The minimum absolute atomic E-state index is 0.0591. The molecule has 1 aliphatic heterocycles. The topological polar surface area (TPSA) is 40.5 Å². The molecule has 2 rings (SSSR count). The summed E-state index contributed by atoms with van der Waals surface area (Å²) >= 11 is 0. The van der Waals surface area contributed by atoms with Gasteiger partial charge in [-0.1, -0.05) is 31.5 Å². The summed E-state index contributed by atoms with van der Waals surface area (Å²) in [4.78, 5) is 13.6. The third kappa shape index (κ3) is 1.71. The van der Waals surface area contributed by atoms with Gasteiger partial charge in [-0.3, -0.25) is 4.79 Å². The van der Waals surface area contributed by atoms with Crippen molar-refractivity contribution >= 4 is 5.91 Å². The highest BCUT2D eigenvalue weighted by Crippen LogP contribution is 2.32. The van der Waals surface area contributed by atoms with E-state index in [1.807, 2.05) is 32.9 Å². The SMILES string of the molecule is Cc1ccc2c(c1)C(O)N(CC(C)C)C2=O. The molecular formula is C13H17NO2. The van der Waals surface area contributed by atoms with Gasteiger partial charge in [0.1, 0.15) is 0 Å². The molecule has 0 saturated heterocycles. The first-order valence-corrected chi connectivity index (χ1v) is 5.60. The Labute approximate surface area is 95.7 Å². The molecule has 1 heterocycles. The average Bonchev–Trinajstić information content (AvgIpc) is 2.43. The maximum absolute atomic E-state index is 12.0. The van der Waals surface area contributed by atoms with Crippen LogP contribution in [0.5, 0.6) is 0 Å². The number of rotatable bonds is 2. The van der Waals surface area contributed by atoms with Crippen molar-refractivity contribution < 1.29 is 9.90 Å². The number of carbonyl (C=O) groups excluding carboxylic acids is 1. The minimum Gasteiger partial charge on any atom is -0.369 e. The van der Waals surface area contributed by atoms with Gasteiger partial charge in [0.25, 0.3) is 5.91 Å². The number of carbonyl (C=O) groups is 1. The maximum atomic E-state index is 12.0. The summed E-state index contributed by atoms with van der Waals surface area (Å²) in [6.07, 6.45) is -0.773. The number of amides is 1. The molecule has 3 nitrogen and oxygen atoms in total. The van der Waals surface area contributed by atoms with Crippen LogP contribution in [-0.2, 0) is 0 Å². The van der Waals surface area contributed by atoms with Crippen molar-refractivity contribution in [2.45, 2.75) is 27.0 Å². The van der Waals surface area contributed by atoms with Gasteiger partial charge < -0.3 is 10.0 Å². The van der Waals surface area contributed by atoms with Crippen LogP contribution in [0.25, 0.3) is 0 Å². The second-order valence-electron chi connectivity index (χ2n) is 4.82. The normalized spacial score (nSPS) is 19.4. The predicted molar refractivity (Wildman–Crippen MR) is 62.0 cm³/mol. The first-order chi connectivity index (χ1) is 7.50. The van der Waals surface area contributed by atoms with Gasteiger partial charge in [0, 0.05) is 17.7 Å². The monoisotopic (exact) mass is 219 g/mol. The highest BCUT2D eigenvalue weighted by Gasteiger charge is 2.35. The Kier molecular flexibility index (Phi) is 2.72. The number of fused-ring (bicyclic) bond motifs is 1. The Morgan fingerprint density at radius 1 is 1.44 bits per heavy atom. The van der Waals surface area contributed by atoms with Crippen molar-refractivity contribution in [3.05, 3.63) is 34.9 Å². The lowest BCUT2D eigenvalue weighted by atomic mass is 10.1. The van der Waals surface area contributed by atoms with Crippen LogP contribution in [0.1, 0.15) is 41.6 Å². The van der Waals surface area contributed by atoms with Crippen molar-refractivity contribution in [3.8, 4) is 0 Å². The standard InChI is InChI=1S/C13H17NO2/c1-8(2)7-14-12(15)10-5-4-9(3)6-11(10)13(14)16/h4-6,8,13,16H,7H2,1-3H3. The molecule has 1 aliphatic rings. The Morgan fingerprint density at radius 3 is 2.75 bits per heavy atom. The van der Waals surface area contributed by atoms with E-state index in [0.29, 0.717) is 18.0 Å². The van der Waals surface area contributed by atoms with Crippen LogP contribution in [0.3, 0.4) is 0 Å². The lowest BCUT2D eigenvalue weighted by Gasteiger charge is -2.22. The Hall–Kier alpha value is -1.35. The largest absolute Gasteiger partial charge is 0.369 e. The molecule has 3 heteroatoms. The molecule has 1 amide bonds. The molecule has 1 N–H and O–H groups in total. The smallest absolute Gasteiger partial charge is 0.256 e. The molecule has 1 aromatic carbocycles. The van der Waals surface area contributed by atoms with E-state index in [1.165, 1.54) is 4.90 Å². The molecule has 0 radical (unpaired) electrons. The Bertz CT molecular complexity index is 426. The molecule has 16 heavy (non-hydrogen) atoms. The summed E-state index contributed by atoms with van der Waals surface area (Å²) < 4.78 is 0.